The molecule has 1 unspecified atom stereocenters. The van der Waals surface area contributed by atoms with Gasteiger partial charge >= 0.3 is 0 Å². The predicted molar refractivity (Wildman–Crippen MR) is 77.8 cm³/mol. The summed E-state index contributed by atoms with van der Waals surface area (Å²) < 4.78 is 5.27. The van der Waals surface area contributed by atoms with Gasteiger partial charge in [0.1, 0.15) is 5.76 Å². The SMILES string of the molecule is CC(CCc1ccco1)N1C(=O)c2cccc(N)c2C1=O. The van der Waals surface area contributed by atoms with Crippen LogP contribution in [-0.4, -0.2) is 22.8 Å². The van der Waals surface area contributed by atoms with Crippen LogP contribution in [0.15, 0.2) is 41.0 Å². The van der Waals surface area contributed by atoms with E-state index in [4.69, 9.17) is 10.2 Å². The van der Waals surface area contributed by atoms with Crippen LogP contribution >= 0.6 is 0 Å². The number of aryl methyl sites for hydroxylation is 1. The Morgan fingerprint density at radius 2 is 2.00 bits per heavy atom. The number of amides is 2. The van der Waals surface area contributed by atoms with Crippen LogP contribution in [0.4, 0.5) is 5.69 Å². The van der Waals surface area contributed by atoms with Gasteiger partial charge in [0.2, 0.25) is 0 Å². The second-order valence-electron chi connectivity index (χ2n) is 5.22. The van der Waals surface area contributed by atoms with E-state index in [1.165, 1.54) is 4.90 Å². The molecule has 0 radical (unpaired) electrons. The molecule has 0 saturated heterocycles. The van der Waals surface area contributed by atoms with Gasteiger partial charge in [-0.25, -0.2) is 0 Å². The van der Waals surface area contributed by atoms with E-state index in [1.54, 1.807) is 24.5 Å². The predicted octanol–water partition coefficient (Wildman–Crippen LogP) is 2.48. The summed E-state index contributed by atoms with van der Waals surface area (Å²) in [5.74, 6) is 0.271. The molecular formula is C16H16N2O3. The summed E-state index contributed by atoms with van der Waals surface area (Å²) in [6.45, 7) is 1.86. The first-order chi connectivity index (χ1) is 10.1. The molecule has 3 rings (SSSR count). The number of fused-ring (bicyclic) bond motifs is 1. The average molecular weight is 284 g/mol. The van der Waals surface area contributed by atoms with E-state index in [1.807, 2.05) is 19.1 Å². The van der Waals surface area contributed by atoms with Gasteiger partial charge in [-0.1, -0.05) is 6.07 Å². The van der Waals surface area contributed by atoms with Gasteiger partial charge in [-0.3, -0.25) is 14.5 Å². The first-order valence-corrected chi connectivity index (χ1v) is 6.88. The van der Waals surface area contributed by atoms with Gasteiger partial charge in [-0.2, -0.15) is 0 Å². The third kappa shape index (κ3) is 2.20. The Kier molecular flexibility index (Phi) is 3.25. The molecule has 1 aliphatic rings. The number of nitrogens with two attached hydrogens (primary N) is 1. The van der Waals surface area contributed by atoms with Crippen LogP contribution in [-0.2, 0) is 6.42 Å². The number of rotatable bonds is 4. The summed E-state index contributed by atoms with van der Waals surface area (Å²) in [5.41, 5.74) is 6.90. The summed E-state index contributed by atoms with van der Waals surface area (Å²) >= 11 is 0. The number of furan rings is 1. The summed E-state index contributed by atoms with van der Waals surface area (Å²) in [6.07, 6.45) is 2.94. The molecule has 2 N–H and O–H groups in total. The Labute approximate surface area is 122 Å². The van der Waals surface area contributed by atoms with Gasteiger partial charge in [0.25, 0.3) is 11.8 Å². The molecule has 0 fully saturated rings. The summed E-state index contributed by atoms with van der Waals surface area (Å²) in [5, 5.41) is 0. The Hall–Kier alpha value is -2.56. The normalized spacial score (nSPS) is 15.4. The Morgan fingerprint density at radius 3 is 2.67 bits per heavy atom. The molecule has 5 heteroatoms. The maximum Gasteiger partial charge on any atom is 0.263 e. The number of nitrogen functional groups attached to an aromatic ring is 1. The number of benzene rings is 1. The topological polar surface area (TPSA) is 76.5 Å². The van der Waals surface area contributed by atoms with E-state index in [0.717, 1.165) is 5.76 Å². The average Bonchev–Trinajstić information content (AvgIpc) is 3.05. The third-order valence-electron chi connectivity index (χ3n) is 3.81. The molecule has 1 aliphatic heterocycles. The highest BCUT2D eigenvalue weighted by atomic mass is 16.3. The Balaban J connectivity index is 1.79. The van der Waals surface area contributed by atoms with E-state index in [-0.39, 0.29) is 17.9 Å². The maximum atomic E-state index is 12.4. The second-order valence-corrected chi connectivity index (χ2v) is 5.22. The smallest absolute Gasteiger partial charge is 0.263 e. The molecule has 2 heterocycles. The van der Waals surface area contributed by atoms with Crippen molar-refractivity contribution in [3.8, 4) is 0 Å². The van der Waals surface area contributed by atoms with Gasteiger partial charge in [0.15, 0.2) is 0 Å². The van der Waals surface area contributed by atoms with E-state index in [9.17, 15) is 9.59 Å². The van der Waals surface area contributed by atoms with Crippen molar-refractivity contribution in [2.24, 2.45) is 0 Å². The van der Waals surface area contributed by atoms with Crippen LogP contribution in [0, 0.1) is 0 Å². The van der Waals surface area contributed by atoms with Crippen molar-refractivity contribution in [2.45, 2.75) is 25.8 Å². The first-order valence-electron chi connectivity index (χ1n) is 6.88. The fourth-order valence-corrected chi connectivity index (χ4v) is 2.66. The molecule has 0 aliphatic carbocycles. The zero-order valence-corrected chi connectivity index (χ0v) is 11.7. The molecule has 21 heavy (non-hydrogen) atoms. The number of hydrogen-bond acceptors (Lipinski definition) is 4. The zero-order valence-electron chi connectivity index (χ0n) is 11.7. The molecule has 1 aromatic heterocycles. The lowest BCUT2D eigenvalue weighted by atomic mass is 10.1. The van der Waals surface area contributed by atoms with Gasteiger partial charge in [-0.15, -0.1) is 0 Å². The van der Waals surface area contributed by atoms with E-state index in [0.29, 0.717) is 29.7 Å². The lowest BCUT2D eigenvalue weighted by Crippen LogP contribution is -2.38. The number of nitrogens with zero attached hydrogens (tertiary/aromatic N) is 1. The number of carbonyl (C=O) groups is 2. The van der Waals surface area contributed by atoms with Crippen molar-refractivity contribution in [1.29, 1.82) is 0 Å². The highest BCUT2D eigenvalue weighted by molar-refractivity contribution is 6.23. The largest absolute Gasteiger partial charge is 0.469 e. The van der Waals surface area contributed by atoms with Crippen LogP contribution in [0.1, 0.15) is 39.8 Å². The summed E-state index contributed by atoms with van der Waals surface area (Å²) in [7, 11) is 0. The lowest BCUT2D eigenvalue weighted by molar-refractivity contribution is 0.0589. The molecular weight excluding hydrogens is 268 g/mol. The fraction of sp³-hybridized carbons (Fsp3) is 0.250. The minimum absolute atomic E-state index is 0.207. The van der Waals surface area contributed by atoms with Crippen LogP contribution in [0.3, 0.4) is 0 Å². The molecule has 1 aromatic carbocycles. The lowest BCUT2D eigenvalue weighted by Gasteiger charge is -2.22. The van der Waals surface area contributed by atoms with Crippen LogP contribution < -0.4 is 5.73 Å². The van der Waals surface area contributed by atoms with Crippen LogP contribution in [0.5, 0.6) is 0 Å². The first kappa shape index (κ1) is 13.4. The number of carbonyl (C=O) groups excluding carboxylic acids is 2. The van der Waals surface area contributed by atoms with Gasteiger partial charge in [-0.05, 0) is 37.6 Å². The van der Waals surface area contributed by atoms with Crippen LogP contribution in [0.25, 0.3) is 0 Å². The van der Waals surface area contributed by atoms with E-state index < -0.39 is 0 Å². The molecule has 5 nitrogen and oxygen atoms in total. The van der Waals surface area contributed by atoms with Crippen molar-refractivity contribution >= 4 is 17.5 Å². The summed E-state index contributed by atoms with van der Waals surface area (Å²) in [4.78, 5) is 26.1. The highest BCUT2D eigenvalue weighted by Crippen LogP contribution is 2.29. The molecule has 2 aromatic rings. The van der Waals surface area contributed by atoms with Crippen molar-refractivity contribution in [3.05, 3.63) is 53.5 Å². The molecule has 0 spiro atoms. The Morgan fingerprint density at radius 1 is 1.19 bits per heavy atom. The molecule has 1 atom stereocenters. The van der Waals surface area contributed by atoms with Crippen LogP contribution in [0.2, 0.25) is 0 Å². The minimum atomic E-state index is -0.306. The van der Waals surface area contributed by atoms with Crippen molar-refractivity contribution < 1.29 is 14.0 Å². The van der Waals surface area contributed by atoms with Crippen molar-refractivity contribution in [1.82, 2.24) is 4.90 Å². The number of hydrogen-bond donors (Lipinski definition) is 1. The van der Waals surface area contributed by atoms with Gasteiger partial charge in [0.05, 0.1) is 17.4 Å². The van der Waals surface area contributed by atoms with Crippen molar-refractivity contribution in [3.63, 3.8) is 0 Å². The van der Waals surface area contributed by atoms with E-state index in [2.05, 4.69) is 0 Å². The quantitative estimate of drug-likeness (QED) is 0.691. The zero-order chi connectivity index (χ0) is 15.0. The maximum absolute atomic E-state index is 12.4. The van der Waals surface area contributed by atoms with Crippen molar-refractivity contribution in [2.75, 3.05) is 5.73 Å². The third-order valence-corrected chi connectivity index (χ3v) is 3.81. The molecule has 0 saturated carbocycles. The number of anilines is 1. The summed E-state index contributed by atoms with van der Waals surface area (Å²) in [6, 6.07) is 8.47. The monoisotopic (exact) mass is 284 g/mol. The minimum Gasteiger partial charge on any atom is -0.469 e. The second kappa shape index (κ2) is 5.09. The molecule has 0 bridgehead atoms. The number of imide groups is 1. The Bertz CT molecular complexity index is 692. The standard InChI is InChI=1S/C16H16N2O3/c1-10(7-8-11-4-3-9-21-11)18-15(19)12-5-2-6-13(17)14(12)16(18)20/h2-6,9-10H,7-8,17H2,1H3. The van der Waals surface area contributed by atoms with E-state index >= 15 is 0 Å². The molecule has 108 valence electrons. The highest BCUT2D eigenvalue weighted by Gasteiger charge is 2.39. The fourth-order valence-electron chi connectivity index (χ4n) is 2.66. The molecule has 2 amide bonds. The van der Waals surface area contributed by atoms with Gasteiger partial charge in [0, 0.05) is 18.2 Å². The van der Waals surface area contributed by atoms with Gasteiger partial charge < -0.3 is 10.2 Å².